The molecule has 0 atom stereocenters. The average Bonchev–Trinajstić information content (AvgIpc) is 2.54. The average molecular weight is 351 g/mol. The van der Waals surface area contributed by atoms with E-state index in [1.54, 1.807) is 11.8 Å². The van der Waals surface area contributed by atoms with Gasteiger partial charge in [-0.05, 0) is 48.5 Å². The maximum absolute atomic E-state index is 5.86. The van der Waals surface area contributed by atoms with E-state index < -0.39 is 0 Å². The lowest BCUT2D eigenvalue weighted by atomic mass is 10.1. The van der Waals surface area contributed by atoms with Gasteiger partial charge in [0, 0.05) is 28.8 Å². The first-order valence-corrected chi connectivity index (χ1v) is 8.95. The maximum atomic E-state index is 5.86. The van der Waals surface area contributed by atoms with Crippen LogP contribution in [0.1, 0.15) is 5.56 Å². The van der Waals surface area contributed by atoms with Gasteiger partial charge in [0.2, 0.25) is 0 Å². The molecule has 0 aliphatic rings. The molecule has 0 unspecified atom stereocenters. The van der Waals surface area contributed by atoms with Gasteiger partial charge in [0.1, 0.15) is 0 Å². The molecule has 0 amide bonds. The standard InChI is InChI=1S/C17H19ClN2S2/c18-15-6-8-16(9-7-15)22-13-12-20-17(21)19-11-10-14-4-2-1-3-5-14/h1-9H,10-13H2,(H2,19,20,21). The Morgan fingerprint density at radius 2 is 1.64 bits per heavy atom. The van der Waals surface area contributed by atoms with Crippen LogP contribution in [0.2, 0.25) is 5.02 Å². The van der Waals surface area contributed by atoms with E-state index >= 15 is 0 Å². The molecule has 0 radical (unpaired) electrons. The molecule has 0 fully saturated rings. The predicted molar refractivity (Wildman–Crippen MR) is 101 cm³/mol. The summed E-state index contributed by atoms with van der Waals surface area (Å²) < 4.78 is 0. The van der Waals surface area contributed by atoms with Crippen molar-refractivity contribution >= 4 is 40.7 Å². The van der Waals surface area contributed by atoms with Gasteiger partial charge in [0.15, 0.2) is 5.11 Å². The number of hydrogen-bond donors (Lipinski definition) is 2. The van der Waals surface area contributed by atoms with Gasteiger partial charge in [-0.2, -0.15) is 0 Å². The second-order valence-corrected chi connectivity index (χ2v) is 6.73. The zero-order valence-corrected chi connectivity index (χ0v) is 14.6. The molecule has 0 bridgehead atoms. The number of thiocarbonyl (C=S) groups is 1. The van der Waals surface area contributed by atoms with Crippen molar-refractivity contribution in [3.05, 3.63) is 65.2 Å². The van der Waals surface area contributed by atoms with Crippen molar-refractivity contribution in [2.24, 2.45) is 0 Å². The lowest BCUT2D eigenvalue weighted by Gasteiger charge is -2.10. The first-order valence-electron chi connectivity index (χ1n) is 7.18. The van der Waals surface area contributed by atoms with E-state index in [1.807, 2.05) is 30.3 Å². The highest BCUT2D eigenvalue weighted by molar-refractivity contribution is 7.99. The van der Waals surface area contributed by atoms with Crippen molar-refractivity contribution in [3.63, 3.8) is 0 Å². The summed E-state index contributed by atoms with van der Waals surface area (Å²) in [6, 6.07) is 18.3. The SMILES string of the molecule is S=C(NCCSc1ccc(Cl)cc1)NCCc1ccccc1. The number of halogens is 1. The van der Waals surface area contributed by atoms with Gasteiger partial charge in [-0.15, -0.1) is 11.8 Å². The molecule has 0 heterocycles. The lowest BCUT2D eigenvalue weighted by Crippen LogP contribution is -2.37. The molecule has 0 saturated carbocycles. The molecule has 0 spiro atoms. The topological polar surface area (TPSA) is 24.1 Å². The number of rotatable bonds is 7. The quantitative estimate of drug-likeness (QED) is 0.445. The van der Waals surface area contributed by atoms with Crippen LogP contribution in [-0.4, -0.2) is 24.0 Å². The summed E-state index contributed by atoms with van der Waals surface area (Å²) in [7, 11) is 0. The second-order valence-electron chi connectivity index (χ2n) is 4.72. The summed E-state index contributed by atoms with van der Waals surface area (Å²) >= 11 is 12.9. The van der Waals surface area contributed by atoms with Gasteiger partial charge in [0.05, 0.1) is 0 Å². The third-order valence-electron chi connectivity index (χ3n) is 3.01. The molecule has 0 aliphatic heterocycles. The number of thioether (sulfide) groups is 1. The lowest BCUT2D eigenvalue weighted by molar-refractivity contribution is 0.831. The molecule has 2 rings (SSSR count). The van der Waals surface area contributed by atoms with Crippen molar-refractivity contribution < 1.29 is 0 Å². The highest BCUT2D eigenvalue weighted by Crippen LogP contribution is 2.19. The predicted octanol–water partition coefficient (Wildman–Crippen LogP) is 4.14. The van der Waals surface area contributed by atoms with E-state index in [1.165, 1.54) is 10.5 Å². The summed E-state index contributed by atoms with van der Waals surface area (Å²) in [5.74, 6) is 0.960. The van der Waals surface area contributed by atoms with E-state index in [-0.39, 0.29) is 0 Å². The van der Waals surface area contributed by atoms with Gasteiger partial charge in [-0.1, -0.05) is 41.9 Å². The Kier molecular flexibility index (Phi) is 7.57. The van der Waals surface area contributed by atoms with Crippen LogP contribution in [-0.2, 0) is 6.42 Å². The Labute approximate surface area is 146 Å². The molecule has 5 heteroatoms. The fraction of sp³-hybridized carbons (Fsp3) is 0.235. The summed E-state index contributed by atoms with van der Waals surface area (Å²) in [4.78, 5) is 1.22. The van der Waals surface area contributed by atoms with E-state index in [0.717, 1.165) is 30.3 Å². The Morgan fingerprint density at radius 1 is 0.955 bits per heavy atom. The zero-order valence-electron chi connectivity index (χ0n) is 12.2. The molecule has 22 heavy (non-hydrogen) atoms. The minimum absolute atomic E-state index is 0.715. The van der Waals surface area contributed by atoms with Gasteiger partial charge >= 0.3 is 0 Å². The zero-order chi connectivity index (χ0) is 15.6. The largest absolute Gasteiger partial charge is 0.362 e. The molecule has 116 valence electrons. The van der Waals surface area contributed by atoms with E-state index in [0.29, 0.717) is 5.11 Å². The monoisotopic (exact) mass is 350 g/mol. The van der Waals surface area contributed by atoms with Crippen LogP contribution in [0.5, 0.6) is 0 Å². The summed E-state index contributed by atoms with van der Waals surface area (Å²) in [6.45, 7) is 1.69. The minimum Gasteiger partial charge on any atom is -0.362 e. The molecule has 2 nitrogen and oxygen atoms in total. The van der Waals surface area contributed by atoms with Gasteiger partial charge in [-0.3, -0.25) is 0 Å². The molecule has 0 saturated heterocycles. The van der Waals surface area contributed by atoms with Crippen LogP contribution in [0.15, 0.2) is 59.5 Å². The summed E-state index contributed by atoms with van der Waals surface area (Å²) in [6.07, 6.45) is 0.974. The molecular weight excluding hydrogens is 332 g/mol. The number of nitrogens with one attached hydrogen (secondary N) is 2. The first-order chi connectivity index (χ1) is 10.7. The molecule has 2 N–H and O–H groups in total. The normalized spacial score (nSPS) is 10.2. The number of hydrogen-bond acceptors (Lipinski definition) is 2. The van der Waals surface area contributed by atoms with Crippen molar-refractivity contribution in [2.45, 2.75) is 11.3 Å². The molecule has 2 aromatic carbocycles. The second kappa shape index (κ2) is 9.72. The van der Waals surface area contributed by atoms with Crippen LogP contribution in [0.25, 0.3) is 0 Å². The Hall–Kier alpha value is -1.23. The number of benzene rings is 2. The minimum atomic E-state index is 0.715. The van der Waals surface area contributed by atoms with Crippen molar-refractivity contribution in [3.8, 4) is 0 Å². The van der Waals surface area contributed by atoms with Crippen molar-refractivity contribution in [2.75, 3.05) is 18.8 Å². The summed E-state index contributed by atoms with van der Waals surface area (Å²) in [5.41, 5.74) is 1.32. The summed E-state index contributed by atoms with van der Waals surface area (Å²) in [5, 5.41) is 7.94. The van der Waals surface area contributed by atoms with Crippen LogP contribution in [0, 0.1) is 0 Å². The van der Waals surface area contributed by atoms with Gasteiger partial charge < -0.3 is 10.6 Å². The third kappa shape index (κ3) is 6.69. The van der Waals surface area contributed by atoms with Crippen molar-refractivity contribution in [1.29, 1.82) is 0 Å². The maximum Gasteiger partial charge on any atom is 0.166 e. The first kappa shape index (κ1) is 17.1. The highest BCUT2D eigenvalue weighted by atomic mass is 35.5. The fourth-order valence-electron chi connectivity index (χ4n) is 1.89. The fourth-order valence-corrected chi connectivity index (χ4v) is 2.99. The highest BCUT2D eigenvalue weighted by Gasteiger charge is 1.97. The van der Waals surface area contributed by atoms with Crippen LogP contribution >= 0.6 is 35.6 Å². The van der Waals surface area contributed by atoms with Crippen LogP contribution in [0.4, 0.5) is 0 Å². The Balaban J connectivity index is 1.55. The van der Waals surface area contributed by atoms with Gasteiger partial charge in [0.25, 0.3) is 0 Å². The molecular formula is C17H19ClN2S2. The van der Waals surface area contributed by atoms with E-state index in [4.69, 9.17) is 23.8 Å². The van der Waals surface area contributed by atoms with Gasteiger partial charge in [-0.25, -0.2) is 0 Å². The Morgan fingerprint density at radius 3 is 2.36 bits per heavy atom. The smallest absolute Gasteiger partial charge is 0.166 e. The van der Waals surface area contributed by atoms with Crippen LogP contribution in [0.3, 0.4) is 0 Å². The van der Waals surface area contributed by atoms with Crippen LogP contribution < -0.4 is 10.6 Å². The Bertz CT molecular complexity index is 573. The molecule has 0 aliphatic carbocycles. The van der Waals surface area contributed by atoms with E-state index in [2.05, 4.69) is 34.9 Å². The molecule has 0 aromatic heterocycles. The molecule has 2 aromatic rings. The third-order valence-corrected chi connectivity index (χ3v) is 4.57. The van der Waals surface area contributed by atoms with E-state index in [9.17, 15) is 0 Å². The van der Waals surface area contributed by atoms with Crippen molar-refractivity contribution in [1.82, 2.24) is 10.6 Å².